The highest BCUT2D eigenvalue weighted by molar-refractivity contribution is 5.68. The Morgan fingerprint density at radius 3 is 2.26 bits per heavy atom. The molecule has 0 bridgehead atoms. The van der Waals surface area contributed by atoms with Crippen molar-refractivity contribution in [2.75, 3.05) is 5.32 Å². The van der Waals surface area contributed by atoms with Gasteiger partial charge in [0.05, 0.1) is 0 Å². The monoisotopic (exact) mass is 330 g/mol. The molecule has 4 nitrogen and oxygen atoms in total. The van der Waals surface area contributed by atoms with Gasteiger partial charge in [0, 0.05) is 29.9 Å². The number of alkyl carbamates (subject to hydrolysis) is 1. The number of carbonyl (C=O) groups is 1. The first-order chi connectivity index (χ1) is 10.6. The van der Waals surface area contributed by atoms with Crippen molar-refractivity contribution in [2.45, 2.75) is 57.7 Å². The third-order valence-electron chi connectivity index (χ3n) is 3.51. The lowest BCUT2D eigenvalue weighted by Crippen LogP contribution is -2.38. The average Bonchev–Trinajstić information content (AvgIpc) is 2.80. The van der Waals surface area contributed by atoms with Crippen LogP contribution in [-0.4, -0.2) is 23.8 Å². The number of hydrogen-bond donors (Lipinski definition) is 2. The average molecular weight is 330 g/mol. The van der Waals surface area contributed by atoms with Crippen LogP contribution in [0.15, 0.2) is 12.1 Å². The van der Waals surface area contributed by atoms with Crippen LogP contribution in [-0.2, 0) is 4.74 Å². The Morgan fingerprint density at radius 1 is 1.13 bits per heavy atom. The third-order valence-corrected chi connectivity index (χ3v) is 3.51. The summed E-state index contributed by atoms with van der Waals surface area (Å²) in [7, 11) is 0. The second-order valence-electron chi connectivity index (χ2n) is 6.75. The van der Waals surface area contributed by atoms with Gasteiger partial charge < -0.3 is 15.4 Å². The lowest BCUT2D eigenvalue weighted by Gasteiger charge is -2.22. The van der Waals surface area contributed by atoms with Gasteiger partial charge in [-0.25, -0.2) is 18.0 Å². The minimum atomic E-state index is -1.48. The van der Waals surface area contributed by atoms with Crippen LogP contribution < -0.4 is 10.6 Å². The van der Waals surface area contributed by atoms with Crippen LogP contribution in [0.5, 0.6) is 0 Å². The Hall–Kier alpha value is -1.92. The van der Waals surface area contributed by atoms with E-state index >= 15 is 0 Å². The van der Waals surface area contributed by atoms with Gasteiger partial charge in [-0.2, -0.15) is 0 Å². The molecule has 1 fully saturated rings. The van der Waals surface area contributed by atoms with Crippen LogP contribution in [0.25, 0.3) is 0 Å². The molecule has 2 rings (SSSR count). The molecule has 2 atom stereocenters. The maximum Gasteiger partial charge on any atom is 0.407 e. The molecule has 0 aromatic heterocycles. The van der Waals surface area contributed by atoms with Crippen molar-refractivity contribution in [2.24, 2.45) is 0 Å². The minimum Gasteiger partial charge on any atom is -0.444 e. The van der Waals surface area contributed by atoms with E-state index in [-0.39, 0.29) is 17.8 Å². The number of benzene rings is 1. The Bertz CT molecular complexity index is 564. The summed E-state index contributed by atoms with van der Waals surface area (Å²) in [6.07, 6.45) is 1.56. The van der Waals surface area contributed by atoms with Gasteiger partial charge in [0.1, 0.15) is 5.60 Å². The first-order valence-corrected chi connectivity index (χ1v) is 7.54. The van der Waals surface area contributed by atoms with E-state index < -0.39 is 29.1 Å². The lowest BCUT2D eigenvalue weighted by atomic mass is 10.2. The Balaban J connectivity index is 1.87. The summed E-state index contributed by atoms with van der Waals surface area (Å²) in [4.78, 5) is 11.7. The van der Waals surface area contributed by atoms with Gasteiger partial charge in [-0.1, -0.05) is 0 Å². The van der Waals surface area contributed by atoms with Crippen molar-refractivity contribution in [1.29, 1.82) is 0 Å². The fourth-order valence-corrected chi connectivity index (χ4v) is 2.59. The van der Waals surface area contributed by atoms with Gasteiger partial charge in [0.2, 0.25) is 0 Å². The van der Waals surface area contributed by atoms with Crippen molar-refractivity contribution in [3.05, 3.63) is 29.6 Å². The maximum absolute atomic E-state index is 13.2. The van der Waals surface area contributed by atoms with E-state index in [0.717, 1.165) is 25.0 Å². The quantitative estimate of drug-likeness (QED) is 0.825. The van der Waals surface area contributed by atoms with E-state index in [4.69, 9.17) is 4.74 Å². The first kappa shape index (κ1) is 17.4. The number of rotatable bonds is 3. The van der Waals surface area contributed by atoms with E-state index in [1.54, 1.807) is 20.8 Å². The molecule has 1 aliphatic rings. The van der Waals surface area contributed by atoms with Crippen LogP contribution in [0.2, 0.25) is 0 Å². The zero-order valence-electron chi connectivity index (χ0n) is 13.4. The topological polar surface area (TPSA) is 50.4 Å². The molecule has 1 aromatic carbocycles. The molecule has 0 spiro atoms. The zero-order chi connectivity index (χ0) is 17.2. The number of nitrogens with one attached hydrogen (secondary N) is 2. The van der Waals surface area contributed by atoms with Gasteiger partial charge >= 0.3 is 6.09 Å². The summed E-state index contributed by atoms with van der Waals surface area (Å²) in [5.74, 6) is -3.94. The number of amides is 1. The Labute approximate surface area is 133 Å². The number of ether oxygens (including phenoxy) is 1. The van der Waals surface area contributed by atoms with E-state index in [1.807, 2.05) is 0 Å². The summed E-state index contributed by atoms with van der Waals surface area (Å²) < 4.78 is 44.5. The van der Waals surface area contributed by atoms with Crippen molar-refractivity contribution < 1.29 is 22.7 Å². The zero-order valence-corrected chi connectivity index (χ0v) is 13.4. The molecule has 1 saturated carbocycles. The second-order valence-corrected chi connectivity index (χ2v) is 6.75. The van der Waals surface area contributed by atoms with Crippen LogP contribution in [0, 0.1) is 17.5 Å². The van der Waals surface area contributed by atoms with E-state index in [2.05, 4.69) is 10.6 Å². The second kappa shape index (κ2) is 6.68. The minimum absolute atomic E-state index is 0.0563. The van der Waals surface area contributed by atoms with Crippen molar-refractivity contribution in [3.8, 4) is 0 Å². The molecule has 7 heteroatoms. The molecule has 23 heavy (non-hydrogen) atoms. The van der Waals surface area contributed by atoms with E-state index in [0.29, 0.717) is 6.42 Å². The highest BCUT2D eigenvalue weighted by Gasteiger charge is 2.28. The summed E-state index contributed by atoms with van der Waals surface area (Å²) >= 11 is 0. The Kier molecular flexibility index (Phi) is 5.06. The number of halogens is 3. The number of anilines is 1. The third kappa shape index (κ3) is 5.04. The SMILES string of the molecule is CC(C)(C)OC(=O)NC1CCC(Nc2cc(F)c(F)c(F)c2)C1. The molecule has 0 heterocycles. The number of hydrogen-bond acceptors (Lipinski definition) is 3. The molecule has 0 radical (unpaired) electrons. The highest BCUT2D eigenvalue weighted by Crippen LogP contribution is 2.25. The van der Waals surface area contributed by atoms with E-state index in [9.17, 15) is 18.0 Å². The molecular formula is C16H21F3N2O2. The van der Waals surface area contributed by atoms with Gasteiger partial charge in [-0.3, -0.25) is 0 Å². The summed E-state index contributed by atoms with van der Waals surface area (Å²) in [6, 6.07) is 1.72. The summed E-state index contributed by atoms with van der Waals surface area (Å²) in [5.41, 5.74) is -0.381. The molecule has 2 N–H and O–H groups in total. The number of carbonyl (C=O) groups excluding carboxylic acids is 1. The molecule has 1 amide bonds. The first-order valence-electron chi connectivity index (χ1n) is 7.54. The van der Waals surface area contributed by atoms with Gasteiger partial charge in [0.15, 0.2) is 17.5 Å². The predicted molar refractivity (Wildman–Crippen MR) is 80.7 cm³/mol. The fourth-order valence-electron chi connectivity index (χ4n) is 2.59. The van der Waals surface area contributed by atoms with Gasteiger partial charge in [-0.15, -0.1) is 0 Å². The predicted octanol–water partition coefficient (Wildman–Crippen LogP) is 3.96. The highest BCUT2D eigenvalue weighted by atomic mass is 19.2. The molecule has 1 aromatic rings. The molecule has 2 unspecified atom stereocenters. The molecule has 0 aliphatic heterocycles. The molecule has 0 saturated heterocycles. The van der Waals surface area contributed by atoms with Gasteiger partial charge in [-0.05, 0) is 40.0 Å². The normalized spacial score (nSPS) is 21.1. The molecular weight excluding hydrogens is 309 g/mol. The standard InChI is InChI=1S/C16H21F3N2O2/c1-16(2,3)23-15(22)21-10-5-4-9(6-10)20-11-7-12(17)14(19)13(18)8-11/h7-10,20H,4-6H2,1-3H3,(H,21,22). The van der Waals surface area contributed by atoms with E-state index in [1.165, 1.54) is 0 Å². The van der Waals surface area contributed by atoms with Crippen molar-refractivity contribution in [1.82, 2.24) is 5.32 Å². The van der Waals surface area contributed by atoms with Crippen LogP contribution in [0.3, 0.4) is 0 Å². The van der Waals surface area contributed by atoms with Crippen molar-refractivity contribution >= 4 is 11.8 Å². The lowest BCUT2D eigenvalue weighted by molar-refractivity contribution is 0.0505. The molecule has 1 aliphatic carbocycles. The maximum atomic E-state index is 13.2. The summed E-state index contributed by atoms with van der Waals surface area (Å²) in [6.45, 7) is 5.34. The largest absolute Gasteiger partial charge is 0.444 e. The van der Waals surface area contributed by atoms with Crippen LogP contribution in [0.4, 0.5) is 23.7 Å². The van der Waals surface area contributed by atoms with Gasteiger partial charge in [0.25, 0.3) is 0 Å². The molecule has 128 valence electrons. The van der Waals surface area contributed by atoms with Crippen molar-refractivity contribution in [3.63, 3.8) is 0 Å². The Morgan fingerprint density at radius 2 is 1.70 bits per heavy atom. The van der Waals surface area contributed by atoms with Crippen LogP contribution >= 0.6 is 0 Å². The van der Waals surface area contributed by atoms with Crippen LogP contribution in [0.1, 0.15) is 40.0 Å². The summed E-state index contributed by atoms with van der Waals surface area (Å²) in [5, 5.41) is 5.74. The fraction of sp³-hybridized carbons (Fsp3) is 0.562. The smallest absolute Gasteiger partial charge is 0.407 e.